The van der Waals surface area contributed by atoms with Crippen molar-refractivity contribution in [3.8, 4) is 0 Å². The van der Waals surface area contributed by atoms with E-state index in [0.29, 0.717) is 13.3 Å². The quantitative estimate of drug-likeness (QED) is 0.263. The van der Waals surface area contributed by atoms with Crippen molar-refractivity contribution in [2.45, 2.75) is 21.3 Å². The zero-order valence-corrected chi connectivity index (χ0v) is 17.5. The van der Waals surface area contributed by atoms with Gasteiger partial charge in [0.25, 0.3) is 0 Å². The molecule has 82 valence electrons. The summed E-state index contributed by atoms with van der Waals surface area (Å²) in [6.07, 6.45) is 0. The summed E-state index contributed by atoms with van der Waals surface area (Å²) in [5.41, 5.74) is 0. The summed E-state index contributed by atoms with van der Waals surface area (Å²) in [7, 11) is 0. The normalized spacial score (nSPS) is 3.50. The van der Waals surface area contributed by atoms with Gasteiger partial charge in [0.2, 0.25) is 0 Å². The van der Waals surface area contributed by atoms with Crippen LogP contribution in [0, 0.1) is 0 Å². The van der Waals surface area contributed by atoms with E-state index >= 15 is 0 Å². The first kappa shape index (κ1) is 36.2. The summed E-state index contributed by atoms with van der Waals surface area (Å²) >= 11 is 9.54. The molecule has 0 unspecified atom stereocenters. The molecule has 0 N–H and O–H groups in total. The molecule has 0 aromatic carbocycles. The van der Waals surface area contributed by atoms with Crippen LogP contribution in [0.2, 0.25) is 0 Å². The molecular weight excluding hydrogens is 719 g/mol. The summed E-state index contributed by atoms with van der Waals surface area (Å²) in [6, 6.07) is 0. The Bertz CT molecular complexity index is 19.3. The van der Waals surface area contributed by atoms with Gasteiger partial charge in [-0.05, 0) is 0 Å². The topological polar surface area (TPSA) is 0 Å². The van der Waals surface area contributed by atoms with Gasteiger partial charge in [-0.3, -0.25) is 0 Å². The van der Waals surface area contributed by atoms with Crippen molar-refractivity contribution in [1.82, 2.24) is 0 Å². The summed E-state index contributed by atoms with van der Waals surface area (Å²) in [5, 5.41) is 0. The van der Waals surface area contributed by atoms with E-state index in [1.807, 2.05) is 13.8 Å². The van der Waals surface area contributed by atoms with Crippen molar-refractivity contribution in [2.24, 2.45) is 0 Å². The molecule has 0 fully saturated rings. The maximum atomic E-state index is 3.00. The first-order valence-electron chi connectivity index (χ1n) is 2.43. The van der Waals surface area contributed by atoms with Gasteiger partial charge in [0.15, 0.2) is 0 Å². The van der Waals surface area contributed by atoms with Crippen LogP contribution < -0.4 is 13.3 Å². The molecule has 0 aliphatic heterocycles. The van der Waals surface area contributed by atoms with E-state index in [1.54, 1.807) is 0 Å². The Morgan fingerprint density at radius 1 is 0.833 bits per heavy atom. The molecule has 5 heteroatoms. The van der Waals surface area contributed by atoms with Crippen LogP contribution in [0.15, 0.2) is 26.3 Å². The maximum absolute atomic E-state index is 3.00. The Labute approximate surface area is 132 Å². The summed E-state index contributed by atoms with van der Waals surface area (Å²) < 4.78 is 0. The first-order valence-corrected chi connectivity index (χ1v) is 21.3. The van der Waals surface area contributed by atoms with Crippen molar-refractivity contribution in [3.05, 3.63) is 26.3 Å². The molecule has 0 aromatic rings. The summed E-state index contributed by atoms with van der Waals surface area (Å²) in [4.78, 5) is 0. The van der Waals surface area contributed by atoms with Gasteiger partial charge in [0, 0.05) is 37.2 Å². The van der Waals surface area contributed by atoms with E-state index in [4.69, 9.17) is 0 Å². The van der Waals surface area contributed by atoms with Crippen LogP contribution in [0.5, 0.6) is 0 Å². The molecule has 0 spiro atoms. The van der Waals surface area contributed by atoms with Crippen molar-refractivity contribution in [1.29, 1.82) is 0 Å². The third kappa shape index (κ3) is 197. The predicted octanol–water partition coefficient (Wildman–Crippen LogP) is 3.81. The van der Waals surface area contributed by atoms with Gasteiger partial charge in [-0.25, -0.2) is 0 Å². The molecule has 0 saturated carbocycles. The fourth-order valence-corrected chi connectivity index (χ4v) is 0. The van der Waals surface area contributed by atoms with Crippen molar-refractivity contribution in [2.75, 3.05) is 0 Å². The standard InChI is InChI=1S/C2H6.2C2H4.CH4.I3.I2/c3*1-2;;1-3-2;1-2/h1-2H3;2*1-2H2;1H4;;/q;;;;-1;. The van der Waals surface area contributed by atoms with E-state index < -0.39 is 0 Å². The van der Waals surface area contributed by atoms with Crippen LogP contribution in [0.3, 0.4) is 0 Å². The molecule has 0 aliphatic rings. The van der Waals surface area contributed by atoms with Crippen LogP contribution in [0.4, 0.5) is 0 Å². The van der Waals surface area contributed by atoms with E-state index in [1.165, 1.54) is 0 Å². The summed E-state index contributed by atoms with van der Waals surface area (Å²) in [5.74, 6) is 0. The van der Waals surface area contributed by atoms with Gasteiger partial charge in [0.05, 0.1) is 0 Å². The van der Waals surface area contributed by atoms with Crippen molar-refractivity contribution < 1.29 is 13.3 Å². The number of hydrogen-bond acceptors (Lipinski definition) is 0. The van der Waals surface area contributed by atoms with E-state index in [0.717, 1.165) is 0 Å². The second-order valence-corrected chi connectivity index (χ2v) is 16.3. The Kier molecular flexibility index (Phi) is 431. The Hall–Kier alpha value is 3.13. The van der Waals surface area contributed by atoms with Gasteiger partial charge in [-0.15, -0.1) is 26.3 Å². The van der Waals surface area contributed by atoms with Gasteiger partial charge >= 0.3 is 50.5 Å². The molecule has 0 bridgehead atoms. The van der Waals surface area contributed by atoms with E-state index in [-0.39, 0.29) is 7.43 Å². The molecule has 0 aliphatic carbocycles. The van der Waals surface area contributed by atoms with Crippen LogP contribution in [0.25, 0.3) is 0 Å². The molecule has 0 aromatic heterocycles. The van der Waals surface area contributed by atoms with Gasteiger partial charge < -0.3 is 0 Å². The molecular formula is C7H18I5-. The molecule has 12 heavy (non-hydrogen) atoms. The monoisotopic (exact) mass is 737 g/mol. The molecule has 0 rings (SSSR count). The molecule has 0 heterocycles. The van der Waals surface area contributed by atoms with E-state index in [2.05, 4.69) is 101 Å². The fourth-order valence-electron chi connectivity index (χ4n) is 0. The fraction of sp³-hybridized carbons (Fsp3) is 0.429. The first-order chi connectivity index (χ1) is 5.41. The van der Waals surface area contributed by atoms with Crippen molar-refractivity contribution in [3.63, 3.8) is 0 Å². The number of rotatable bonds is 0. The average molecular weight is 737 g/mol. The van der Waals surface area contributed by atoms with E-state index in [9.17, 15) is 0 Å². The average Bonchev–Trinajstić information content (AvgIpc) is 2.18. The third-order valence-electron chi connectivity index (χ3n) is 0. The van der Waals surface area contributed by atoms with Crippen LogP contribution in [0.1, 0.15) is 21.3 Å². The second-order valence-electron chi connectivity index (χ2n) is 0.0540. The SMILES string of the molecule is C.C=C.C=C.CC.II.I[I-]I. The van der Waals surface area contributed by atoms with Crippen LogP contribution in [-0.2, 0) is 0 Å². The summed E-state index contributed by atoms with van der Waals surface area (Å²) in [6.45, 7) is 16.0. The molecule has 0 saturated heterocycles. The third-order valence-corrected chi connectivity index (χ3v) is 0. The van der Waals surface area contributed by atoms with Crippen molar-refractivity contribution >= 4 is 74.5 Å². The zero-order chi connectivity index (χ0) is 10.7. The Morgan fingerprint density at radius 2 is 0.833 bits per heavy atom. The Morgan fingerprint density at radius 3 is 0.833 bits per heavy atom. The van der Waals surface area contributed by atoms with Gasteiger partial charge in [0.1, 0.15) is 0 Å². The number of hydrogen-bond donors (Lipinski definition) is 0. The zero-order valence-electron chi connectivity index (χ0n) is 6.72. The van der Waals surface area contributed by atoms with Gasteiger partial charge in [-0.2, -0.15) is 0 Å². The molecule has 0 amide bonds. The molecule has 0 radical (unpaired) electrons. The second kappa shape index (κ2) is 143. The minimum atomic E-state index is 0. The minimum absolute atomic E-state index is 0. The Balaban J connectivity index is -0.00000000933. The van der Waals surface area contributed by atoms with Crippen LogP contribution >= 0.6 is 74.5 Å². The van der Waals surface area contributed by atoms with Gasteiger partial charge in [-0.1, -0.05) is 21.3 Å². The molecule has 0 atom stereocenters. The van der Waals surface area contributed by atoms with Crippen LogP contribution in [-0.4, -0.2) is 0 Å². The number of halogens is 5. The predicted molar refractivity (Wildman–Crippen MR) is 96.7 cm³/mol. The molecule has 0 nitrogen and oxygen atoms in total.